The molecule has 9 heteroatoms. The van der Waals surface area contributed by atoms with Crippen molar-refractivity contribution in [1.82, 2.24) is 16.0 Å². The summed E-state index contributed by atoms with van der Waals surface area (Å²) in [7, 11) is 0. The molecule has 0 saturated carbocycles. The normalized spacial score (nSPS) is 13.3. The van der Waals surface area contributed by atoms with Crippen molar-refractivity contribution in [3.05, 3.63) is 46.7 Å². The Labute approximate surface area is 156 Å². The Morgan fingerprint density at radius 3 is 2.52 bits per heavy atom. The number of esters is 2. The van der Waals surface area contributed by atoms with Crippen LogP contribution in [-0.4, -0.2) is 50.2 Å². The van der Waals surface area contributed by atoms with Crippen molar-refractivity contribution in [2.24, 2.45) is 0 Å². The highest BCUT2D eigenvalue weighted by Gasteiger charge is 2.24. The largest absolute Gasteiger partial charge is 0.463 e. The van der Waals surface area contributed by atoms with Gasteiger partial charge < -0.3 is 25.4 Å². The molecule has 0 saturated heterocycles. The lowest BCUT2D eigenvalue weighted by molar-refractivity contribution is -0.142. The van der Waals surface area contributed by atoms with Gasteiger partial charge in [0.25, 0.3) is 5.91 Å². The molecule has 1 aromatic rings. The molecule has 9 nitrogen and oxygen atoms in total. The zero-order chi connectivity index (χ0) is 19.8. The van der Waals surface area contributed by atoms with Crippen LogP contribution in [0.3, 0.4) is 0 Å². The van der Waals surface area contributed by atoms with Gasteiger partial charge in [0.15, 0.2) is 0 Å². The molecule has 0 atom stereocenters. The zero-order valence-electron chi connectivity index (χ0n) is 15.1. The highest BCUT2D eigenvalue weighted by Crippen LogP contribution is 2.09. The van der Waals surface area contributed by atoms with Crippen LogP contribution in [0.15, 0.2) is 35.5 Å². The molecular formula is C18H21N3O6. The summed E-state index contributed by atoms with van der Waals surface area (Å²) in [5.74, 6) is -1.73. The van der Waals surface area contributed by atoms with Crippen LogP contribution < -0.4 is 16.0 Å². The van der Waals surface area contributed by atoms with E-state index in [0.717, 1.165) is 5.56 Å². The average molecular weight is 375 g/mol. The summed E-state index contributed by atoms with van der Waals surface area (Å²) >= 11 is 0. The summed E-state index contributed by atoms with van der Waals surface area (Å²) in [4.78, 5) is 47.1. The van der Waals surface area contributed by atoms with Crippen molar-refractivity contribution in [2.45, 2.75) is 13.8 Å². The molecule has 1 aromatic carbocycles. The first-order chi connectivity index (χ1) is 12.9. The van der Waals surface area contributed by atoms with Crippen molar-refractivity contribution < 1.29 is 28.7 Å². The minimum Gasteiger partial charge on any atom is -0.463 e. The lowest BCUT2D eigenvalue weighted by atomic mass is 10.1. The fraction of sp³-hybridized carbons (Fsp3) is 0.333. The van der Waals surface area contributed by atoms with Crippen molar-refractivity contribution >= 4 is 23.9 Å². The number of urea groups is 1. The van der Waals surface area contributed by atoms with Crippen LogP contribution in [0.25, 0.3) is 0 Å². The number of nitrogens with one attached hydrogen (secondary N) is 3. The van der Waals surface area contributed by atoms with Gasteiger partial charge in [-0.15, -0.1) is 0 Å². The van der Waals surface area contributed by atoms with Gasteiger partial charge in [-0.1, -0.05) is 17.7 Å². The molecule has 3 N–H and O–H groups in total. The monoisotopic (exact) mass is 375 g/mol. The van der Waals surface area contributed by atoms with Gasteiger partial charge in [0, 0.05) is 5.56 Å². The maximum Gasteiger partial charge on any atom is 0.337 e. The van der Waals surface area contributed by atoms with Gasteiger partial charge in [0.1, 0.15) is 13.2 Å². The summed E-state index contributed by atoms with van der Waals surface area (Å²) in [6.07, 6.45) is 0. The van der Waals surface area contributed by atoms with Crippen LogP contribution in [0.2, 0.25) is 0 Å². The number of rotatable bonds is 7. The first-order valence-corrected chi connectivity index (χ1v) is 8.35. The summed E-state index contributed by atoms with van der Waals surface area (Å²) in [6.45, 7) is 3.04. The minimum atomic E-state index is -0.709. The average Bonchev–Trinajstić information content (AvgIpc) is 2.65. The fourth-order valence-corrected chi connectivity index (χ4v) is 2.23. The second kappa shape index (κ2) is 9.37. The molecule has 0 unspecified atom stereocenters. The number of carbonyl (C=O) groups excluding carboxylic acids is 4. The van der Waals surface area contributed by atoms with Crippen LogP contribution in [-0.2, 0) is 19.1 Å². The Bertz CT molecular complexity index is 770. The summed E-state index contributed by atoms with van der Waals surface area (Å²) in [5.41, 5.74) is 1.76. The topological polar surface area (TPSA) is 123 Å². The standard InChI is InChI=1S/C18H21N3O6/c1-3-26-17(24)13-8-20-18(25)21-14(13)10-27-15(22)9-19-16(23)12-6-4-11(2)5-7-12/h4-7H,3,8-10H2,1-2H3,(H,19,23)(H2,20,21,25). The molecular weight excluding hydrogens is 354 g/mol. The van der Waals surface area contributed by atoms with E-state index in [1.165, 1.54) is 0 Å². The van der Waals surface area contributed by atoms with Gasteiger partial charge in [-0.05, 0) is 26.0 Å². The lowest BCUT2D eigenvalue weighted by Crippen LogP contribution is -2.45. The van der Waals surface area contributed by atoms with Crippen molar-refractivity contribution in [2.75, 3.05) is 26.3 Å². The molecule has 1 heterocycles. The second-order valence-electron chi connectivity index (χ2n) is 5.69. The van der Waals surface area contributed by atoms with E-state index in [9.17, 15) is 19.2 Å². The Balaban J connectivity index is 1.89. The molecule has 0 spiro atoms. The molecule has 2 rings (SSSR count). The van der Waals surface area contributed by atoms with Crippen LogP contribution in [0, 0.1) is 6.92 Å². The number of amides is 3. The Kier molecular flexibility index (Phi) is 6.93. The number of ether oxygens (including phenoxy) is 2. The Morgan fingerprint density at radius 2 is 1.85 bits per heavy atom. The van der Waals surface area contributed by atoms with Crippen molar-refractivity contribution in [3.8, 4) is 0 Å². The van der Waals surface area contributed by atoms with Gasteiger partial charge in [0.05, 0.1) is 24.4 Å². The molecule has 0 aliphatic carbocycles. The molecule has 3 amide bonds. The third kappa shape index (κ3) is 5.84. The SMILES string of the molecule is CCOC(=O)C1=C(COC(=O)CNC(=O)c2ccc(C)cc2)NC(=O)NC1. The number of hydrogen-bond acceptors (Lipinski definition) is 6. The van der Waals surface area contributed by atoms with E-state index in [4.69, 9.17) is 9.47 Å². The van der Waals surface area contributed by atoms with Gasteiger partial charge in [-0.2, -0.15) is 0 Å². The number of carbonyl (C=O) groups is 4. The predicted molar refractivity (Wildman–Crippen MR) is 94.7 cm³/mol. The van der Waals surface area contributed by atoms with Crippen LogP contribution in [0.1, 0.15) is 22.8 Å². The lowest BCUT2D eigenvalue weighted by Gasteiger charge is -2.21. The highest BCUT2D eigenvalue weighted by atomic mass is 16.5. The number of benzene rings is 1. The second-order valence-corrected chi connectivity index (χ2v) is 5.69. The van der Waals surface area contributed by atoms with E-state index in [2.05, 4.69) is 16.0 Å². The first kappa shape index (κ1) is 20.0. The quantitative estimate of drug-likeness (QED) is 0.593. The summed E-state index contributed by atoms with van der Waals surface area (Å²) in [5, 5.41) is 7.31. The minimum absolute atomic E-state index is 0.0261. The molecule has 27 heavy (non-hydrogen) atoms. The first-order valence-electron chi connectivity index (χ1n) is 8.35. The van der Waals surface area contributed by atoms with E-state index in [0.29, 0.717) is 5.56 Å². The Morgan fingerprint density at radius 1 is 1.15 bits per heavy atom. The molecule has 1 aliphatic heterocycles. The summed E-state index contributed by atoms with van der Waals surface area (Å²) in [6, 6.07) is 6.36. The van der Waals surface area contributed by atoms with Gasteiger partial charge in [0.2, 0.25) is 0 Å². The molecule has 144 valence electrons. The maximum atomic E-state index is 12.0. The maximum absolute atomic E-state index is 12.0. The molecule has 0 bridgehead atoms. The van der Waals surface area contributed by atoms with Crippen molar-refractivity contribution in [1.29, 1.82) is 0 Å². The van der Waals surface area contributed by atoms with Crippen LogP contribution in [0.5, 0.6) is 0 Å². The third-order valence-corrected chi connectivity index (χ3v) is 3.66. The van der Waals surface area contributed by atoms with E-state index >= 15 is 0 Å². The number of aryl methyl sites for hydroxylation is 1. The Hall–Kier alpha value is -3.36. The van der Waals surface area contributed by atoms with E-state index < -0.39 is 23.9 Å². The highest BCUT2D eigenvalue weighted by molar-refractivity contribution is 5.96. The molecule has 0 aromatic heterocycles. The smallest absolute Gasteiger partial charge is 0.337 e. The van der Waals surface area contributed by atoms with Crippen molar-refractivity contribution in [3.63, 3.8) is 0 Å². The zero-order valence-corrected chi connectivity index (χ0v) is 15.1. The van der Waals surface area contributed by atoms with E-state index in [1.807, 2.05) is 6.92 Å². The molecule has 1 aliphatic rings. The van der Waals surface area contributed by atoms with E-state index in [-0.39, 0.29) is 37.6 Å². The molecule has 0 fully saturated rings. The van der Waals surface area contributed by atoms with Gasteiger partial charge in [-0.3, -0.25) is 9.59 Å². The number of hydrogen-bond donors (Lipinski definition) is 3. The van der Waals surface area contributed by atoms with Crippen LogP contribution in [0.4, 0.5) is 4.79 Å². The van der Waals surface area contributed by atoms with Crippen LogP contribution >= 0.6 is 0 Å². The van der Waals surface area contributed by atoms with Gasteiger partial charge >= 0.3 is 18.0 Å². The predicted octanol–water partition coefficient (Wildman–Crippen LogP) is 0.398. The van der Waals surface area contributed by atoms with E-state index in [1.54, 1.807) is 31.2 Å². The third-order valence-electron chi connectivity index (χ3n) is 3.66. The molecule has 0 radical (unpaired) electrons. The fourth-order valence-electron chi connectivity index (χ4n) is 2.23. The summed E-state index contributed by atoms with van der Waals surface area (Å²) < 4.78 is 9.94. The van der Waals surface area contributed by atoms with Gasteiger partial charge in [-0.25, -0.2) is 9.59 Å².